The first-order valence-electron chi connectivity index (χ1n) is 12.1. The topological polar surface area (TPSA) is 91.9 Å². The van der Waals surface area contributed by atoms with Crippen LogP contribution >= 0.6 is 0 Å². The first-order chi connectivity index (χ1) is 17.9. The zero-order valence-corrected chi connectivity index (χ0v) is 20.9. The van der Waals surface area contributed by atoms with Crippen LogP contribution < -0.4 is 9.47 Å². The molecule has 188 valence electrons. The van der Waals surface area contributed by atoms with Gasteiger partial charge in [0.1, 0.15) is 17.3 Å². The van der Waals surface area contributed by atoms with E-state index >= 15 is 0 Å². The average Bonchev–Trinajstić information content (AvgIpc) is 3.42. The Labute approximate surface area is 214 Å². The number of hydrogen-bond donors (Lipinski definition) is 2. The molecule has 2 heterocycles. The number of benzene rings is 3. The molecule has 0 bridgehead atoms. The maximum Gasteiger partial charge on any atom is 0.295 e. The SMILES string of the molecule is COc1ccccc1CN1C(=O)C(=O)/C(=C(/O)c2cccc(OC(C)C)c2)C1c1c[nH]c2ccccc12. The van der Waals surface area contributed by atoms with Crippen molar-refractivity contribution in [3.05, 3.63) is 101 Å². The van der Waals surface area contributed by atoms with Crippen LogP contribution in [0.15, 0.2) is 84.6 Å². The maximum atomic E-state index is 13.5. The van der Waals surface area contributed by atoms with E-state index in [1.807, 2.05) is 62.4 Å². The van der Waals surface area contributed by atoms with Crippen LogP contribution in [0.5, 0.6) is 11.5 Å². The molecule has 1 fully saturated rings. The van der Waals surface area contributed by atoms with Gasteiger partial charge in [0.15, 0.2) is 0 Å². The standard InChI is InChI=1S/C30H28N2O5/c1-18(2)37-21-11-8-10-19(15-21)28(33)26-27(23-16-31-24-13-6-5-12-22(23)24)32(30(35)29(26)34)17-20-9-4-7-14-25(20)36-3/h4-16,18,27,31,33H,17H2,1-3H3/b28-26+. The number of aliphatic hydroxyl groups excluding tert-OH is 1. The second kappa shape index (κ2) is 9.85. The second-order valence-electron chi connectivity index (χ2n) is 9.22. The van der Waals surface area contributed by atoms with Gasteiger partial charge < -0.3 is 24.5 Å². The van der Waals surface area contributed by atoms with Crippen molar-refractivity contribution in [2.45, 2.75) is 32.5 Å². The molecule has 0 aliphatic carbocycles. The van der Waals surface area contributed by atoms with Crippen molar-refractivity contribution in [3.63, 3.8) is 0 Å². The number of hydrogen-bond acceptors (Lipinski definition) is 5. The van der Waals surface area contributed by atoms with Gasteiger partial charge >= 0.3 is 0 Å². The number of carbonyl (C=O) groups excluding carboxylic acids is 2. The zero-order chi connectivity index (χ0) is 26.1. The summed E-state index contributed by atoms with van der Waals surface area (Å²) in [7, 11) is 1.57. The molecular formula is C30H28N2O5. The minimum atomic E-state index is -0.810. The van der Waals surface area contributed by atoms with Crippen LogP contribution in [0.1, 0.15) is 36.6 Å². The molecule has 1 unspecified atom stereocenters. The molecule has 2 N–H and O–H groups in total. The number of likely N-dealkylation sites (tertiary alicyclic amines) is 1. The first-order valence-corrected chi connectivity index (χ1v) is 12.1. The van der Waals surface area contributed by atoms with E-state index in [1.165, 1.54) is 4.90 Å². The predicted octanol–water partition coefficient (Wildman–Crippen LogP) is 5.59. The van der Waals surface area contributed by atoms with Crippen molar-refractivity contribution in [1.29, 1.82) is 0 Å². The maximum absolute atomic E-state index is 13.5. The molecule has 5 rings (SSSR count). The van der Waals surface area contributed by atoms with Gasteiger partial charge in [-0.25, -0.2) is 0 Å². The Morgan fingerprint density at radius 1 is 1.03 bits per heavy atom. The number of para-hydroxylation sites is 2. The molecule has 1 atom stereocenters. The predicted molar refractivity (Wildman–Crippen MR) is 141 cm³/mol. The Balaban J connectivity index is 1.68. The number of aliphatic hydroxyl groups is 1. The van der Waals surface area contributed by atoms with Crippen molar-refractivity contribution in [1.82, 2.24) is 9.88 Å². The third-order valence-corrected chi connectivity index (χ3v) is 6.47. The highest BCUT2D eigenvalue weighted by Gasteiger charge is 2.47. The first kappa shape index (κ1) is 24.2. The number of rotatable bonds is 7. The smallest absolute Gasteiger partial charge is 0.295 e. The highest BCUT2D eigenvalue weighted by Crippen LogP contribution is 2.43. The monoisotopic (exact) mass is 496 g/mol. The summed E-state index contributed by atoms with van der Waals surface area (Å²) in [6, 6.07) is 21.1. The van der Waals surface area contributed by atoms with E-state index in [-0.39, 0.29) is 24.0 Å². The van der Waals surface area contributed by atoms with Crippen LogP contribution in [0.25, 0.3) is 16.7 Å². The second-order valence-corrected chi connectivity index (χ2v) is 9.22. The van der Waals surface area contributed by atoms with Gasteiger partial charge in [-0.2, -0.15) is 0 Å². The van der Waals surface area contributed by atoms with Crippen LogP contribution in [0.3, 0.4) is 0 Å². The molecule has 1 amide bonds. The number of H-pyrrole nitrogens is 1. The van der Waals surface area contributed by atoms with Gasteiger partial charge in [-0.15, -0.1) is 0 Å². The highest BCUT2D eigenvalue weighted by atomic mass is 16.5. The van der Waals surface area contributed by atoms with Crippen LogP contribution in [0.4, 0.5) is 0 Å². The van der Waals surface area contributed by atoms with E-state index in [0.29, 0.717) is 17.1 Å². The molecule has 0 saturated carbocycles. The number of carbonyl (C=O) groups is 2. The summed E-state index contributed by atoms with van der Waals surface area (Å²) in [6.45, 7) is 3.95. The largest absolute Gasteiger partial charge is 0.507 e. The molecule has 3 aromatic carbocycles. The Hall–Kier alpha value is -4.52. The van der Waals surface area contributed by atoms with Gasteiger partial charge in [-0.1, -0.05) is 48.5 Å². The fourth-order valence-electron chi connectivity index (χ4n) is 4.85. The molecule has 1 aliphatic rings. The van der Waals surface area contributed by atoms with E-state index in [2.05, 4.69) is 4.98 Å². The zero-order valence-electron chi connectivity index (χ0n) is 20.9. The van der Waals surface area contributed by atoms with E-state index in [1.54, 1.807) is 37.6 Å². The Morgan fingerprint density at radius 3 is 2.57 bits per heavy atom. The number of Topliss-reactive ketones (excluding diaryl/α,β-unsaturated/α-hetero) is 1. The minimum Gasteiger partial charge on any atom is -0.507 e. The molecule has 7 nitrogen and oxygen atoms in total. The molecule has 1 saturated heterocycles. The lowest BCUT2D eigenvalue weighted by molar-refractivity contribution is -0.140. The fraction of sp³-hybridized carbons (Fsp3) is 0.200. The molecule has 37 heavy (non-hydrogen) atoms. The van der Waals surface area contributed by atoms with Gasteiger partial charge in [-0.3, -0.25) is 9.59 Å². The number of amides is 1. The summed E-state index contributed by atoms with van der Waals surface area (Å²) in [5.41, 5.74) is 2.78. The molecule has 0 radical (unpaired) electrons. The lowest BCUT2D eigenvalue weighted by atomic mass is 9.94. The number of nitrogens with one attached hydrogen (secondary N) is 1. The fourth-order valence-corrected chi connectivity index (χ4v) is 4.85. The number of ketones is 1. The Morgan fingerprint density at radius 2 is 1.78 bits per heavy atom. The van der Waals surface area contributed by atoms with Crippen molar-refractivity contribution in [2.24, 2.45) is 0 Å². The molecule has 1 aliphatic heterocycles. The van der Waals surface area contributed by atoms with E-state index < -0.39 is 17.7 Å². The van der Waals surface area contributed by atoms with Crippen LogP contribution in [0.2, 0.25) is 0 Å². The third-order valence-electron chi connectivity index (χ3n) is 6.47. The summed E-state index contributed by atoms with van der Waals surface area (Å²) in [5, 5.41) is 12.3. The quantitative estimate of drug-likeness (QED) is 0.198. The number of nitrogens with zero attached hydrogens (tertiary/aromatic N) is 1. The average molecular weight is 497 g/mol. The van der Waals surface area contributed by atoms with Crippen molar-refractivity contribution in [2.75, 3.05) is 7.11 Å². The number of aromatic amines is 1. The van der Waals surface area contributed by atoms with E-state index in [0.717, 1.165) is 22.0 Å². The summed E-state index contributed by atoms with van der Waals surface area (Å²) in [5.74, 6) is -0.493. The highest BCUT2D eigenvalue weighted by molar-refractivity contribution is 6.46. The number of aromatic nitrogens is 1. The molecular weight excluding hydrogens is 468 g/mol. The molecule has 1 aromatic heterocycles. The van der Waals surface area contributed by atoms with E-state index in [9.17, 15) is 14.7 Å². The lowest BCUT2D eigenvalue weighted by Crippen LogP contribution is -2.29. The Kier molecular flexibility index (Phi) is 6.44. The number of ether oxygens (including phenoxy) is 2. The van der Waals surface area contributed by atoms with Gasteiger partial charge in [0.05, 0.1) is 31.4 Å². The summed E-state index contributed by atoms with van der Waals surface area (Å²) in [4.78, 5) is 31.7. The summed E-state index contributed by atoms with van der Waals surface area (Å²) in [6.07, 6.45) is 1.73. The third kappa shape index (κ3) is 4.44. The Bertz CT molecular complexity index is 1520. The van der Waals surface area contributed by atoms with Gasteiger partial charge in [0.25, 0.3) is 11.7 Å². The van der Waals surface area contributed by atoms with Crippen LogP contribution in [-0.4, -0.2) is 39.9 Å². The molecule has 7 heteroatoms. The van der Waals surface area contributed by atoms with Crippen molar-refractivity contribution < 1.29 is 24.2 Å². The minimum absolute atomic E-state index is 0.0337. The number of methoxy groups -OCH3 is 1. The van der Waals surface area contributed by atoms with Crippen molar-refractivity contribution >= 4 is 28.4 Å². The molecule has 4 aromatic rings. The summed E-state index contributed by atoms with van der Waals surface area (Å²) >= 11 is 0. The van der Waals surface area contributed by atoms with E-state index in [4.69, 9.17) is 9.47 Å². The van der Waals surface area contributed by atoms with Gasteiger partial charge in [0.2, 0.25) is 0 Å². The normalized spacial score (nSPS) is 17.1. The summed E-state index contributed by atoms with van der Waals surface area (Å²) < 4.78 is 11.3. The van der Waals surface area contributed by atoms with Crippen molar-refractivity contribution in [3.8, 4) is 11.5 Å². The number of fused-ring (bicyclic) bond motifs is 1. The van der Waals surface area contributed by atoms with Gasteiger partial charge in [-0.05, 0) is 38.1 Å². The van der Waals surface area contributed by atoms with Crippen LogP contribution in [-0.2, 0) is 16.1 Å². The van der Waals surface area contributed by atoms with Gasteiger partial charge in [0, 0.05) is 33.8 Å². The van der Waals surface area contributed by atoms with Crippen LogP contribution in [0, 0.1) is 0 Å². The lowest BCUT2D eigenvalue weighted by Gasteiger charge is -2.25. The molecule has 0 spiro atoms.